The van der Waals surface area contributed by atoms with E-state index in [4.69, 9.17) is 4.74 Å². The molecule has 2 aromatic heterocycles. The molecule has 7 nitrogen and oxygen atoms in total. The Morgan fingerprint density at radius 3 is 3.00 bits per heavy atom. The molecule has 0 saturated heterocycles. The highest BCUT2D eigenvalue weighted by atomic mass is 16.5. The molecular formula is C17H20N4O3. The van der Waals surface area contributed by atoms with Crippen molar-refractivity contribution in [3.05, 3.63) is 48.8 Å². The third kappa shape index (κ3) is 3.62. The van der Waals surface area contributed by atoms with Gasteiger partial charge in [-0.25, -0.2) is 4.98 Å². The van der Waals surface area contributed by atoms with Gasteiger partial charge in [0.2, 0.25) is 5.91 Å². The first-order chi connectivity index (χ1) is 11.6. The number of amides is 1. The summed E-state index contributed by atoms with van der Waals surface area (Å²) in [6, 6.07) is 3.31. The molecule has 0 aromatic carbocycles. The number of imidazole rings is 1. The van der Waals surface area contributed by atoms with E-state index >= 15 is 0 Å². The highest BCUT2D eigenvalue weighted by Gasteiger charge is 2.39. The van der Waals surface area contributed by atoms with Crippen LogP contribution in [0.1, 0.15) is 18.5 Å². The lowest BCUT2D eigenvalue weighted by atomic mass is 10.1. The minimum Gasteiger partial charge on any atom is -0.486 e. The number of carbonyl (C=O) groups is 1. The molecule has 3 atom stereocenters. The van der Waals surface area contributed by atoms with Crippen molar-refractivity contribution in [2.75, 3.05) is 7.05 Å². The summed E-state index contributed by atoms with van der Waals surface area (Å²) < 4.78 is 5.78. The lowest BCUT2D eigenvalue weighted by molar-refractivity contribution is -0.129. The zero-order valence-corrected chi connectivity index (χ0v) is 13.4. The number of H-pyrrole nitrogens is 1. The molecule has 1 amide bonds. The normalized spacial score (nSPS) is 23.5. The third-order valence-corrected chi connectivity index (χ3v) is 4.21. The lowest BCUT2D eigenvalue weighted by Crippen LogP contribution is -2.44. The number of ether oxygens (including phenoxy) is 1. The van der Waals surface area contributed by atoms with Gasteiger partial charge in [-0.15, -0.1) is 0 Å². The first-order valence-electron chi connectivity index (χ1n) is 7.83. The van der Waals surface area contributed by atoms with Gasteiger partial charge in [0.05, 0.1) is 30.5 Å². The third-order valence-electron chi connectivity index (χ3n) is 4.21. The summed E-state index contributed by atoms with van der Waals surface area (Å²) in [4.78, 5) is 24.6. The second-order valence-corrected chi connectivity index (χ2v) is 5.77. The van der Waals surface area contributed by atoms with E-state index in [-0.39, 0.29) is 18.1 Å². The highest BCUT2D eigenvalue weighted by Crippen LogP contribution is 2.28. The number of nitrogens with one attached hydrogen (secondary N) is 1. The molecule has 24 heavy (non-hydrogen) atoms. The summed E-state index contributed by atoms with van der Waals surface area (Å²) in [6.07, 6.45) is 9.88. The summed E-state index contributed by atoms with van der Waals surface area (Å²) in [7, 11) is 1.69. The van der Waals surface area contributed by atoms with E-state index in [2.05, 4.69) is 15.0 Å². The van der Waals surface area contributed by atoms with Gasteiger partial charge in [-0.2, -0.15) is 0 Å². The van der Waals surface area contributed by atoms with Gasteiger partial charge in [0.25, 0.3) is 0 Å². The Labute approximate surface area is 140 Å². The SMILES string of the molecule is CN(C(=O)/C=C/c1cnc[nH]1)[C@@H]1CC[C@@H](Oc2cccnc2)[C@@H]1O. The number of pyridine rings is 1. The van der Waals surface area contributed by atoms with Crippen LogP contribution >= 0.6 is 0 Å². The maximum absolute atomic E-state index is 12.3. The molecule has 1 aliphatic rings. The zero-order valence-electron chi connectivity index (χ0n) is 13.4. The van der Waals surface area contributed by atoms with Crippen LogP contribution in [0.3, 0.4) is 0 Å². The standard InChI is InChI=1S/C17H20N4O3/c1-21(16(22)7-4-12-9-19-11-20-12)14-5-6-15(17(14)23)24-13-3-2-8-18-10-13/h2-4,7-11,14-15,17,23H,5-6H2,1H3,(H,19,20)/b7-4+/t14-,15-,17-/m1/s1. The van der Waals surface area contributed by atoms with Crippen LogP contribution in [0, 0.1) is 0 Å². The Hall–Kier alpha value is -2.67. The second-order valence-electron chi connectivity index (χ2n) is 5.77. The Morgan fingerprint density at radius 1 is 1.42 bits per heavy atom. The summed E-state index contributed by atoms with van der Waals surface area (Å²) in [5, 5.41) is 10.5. The van der Waals surface area contributed by atoms with Gasteiger partial charge in [0.1, 0.15) is 18.0 Å². The molecule has 1 fully saturated rings. The Balaban J connectivity index is 1.59. The van der Waals surface area contributed by atoms with Gasteiger partial charge in [-0.3, -0.25) is 9.78 Å². The highest BCUT2D eigenvalue weighted by molar-refractivity contribution is 5.91. The average Bonchev–Trinajstić information content (AvgIpc) is 3.24. The Bertz CT molecular complexity index is 687. The number of aliphatic hydroxyl groups excluding tert-OH is 1. The number of nitrogens with zero attached hydrogens (tertiary/aromatic N) is 3. The Kier molecular flexibility index (Phi) is 4.90. The van der Waals surface area contributed by atoms with Crippen molar-refractivity contribution in [2.24, 2.45) is 0 Å². The predicted octanol–water partition coefficient (Wildman–Crippen LogP) is 1.25. The fraction of sp³-hybridized carbons (Fsp3) is 0.353. The molecule has 2 N–H and O–H groups in total. The molecule has 126 valence electrons. The second kappa shape index (κ2) is 7.27. The number of hydrogen-bond acceptors (Lipinski definition) is 5. The van der Waals surface area contributed by atoms with E-state index in [9.17, 15) is 9.90 Å². The van der Waals surface area contributed by atoms with Gasteiger partial charge >= 0.3 is 0 Å². The quantitative estimate of drug-likeness (QED) is 0.806. The number of hydrogen-bond donors (Lipinski definition) is 2. The molecule has 3 rings (SSSR count). The van der Waals surface area contributed by atoms with Crippen LogP contribution in [0.15, 0.2) is 43.1 Å². The van der Waals surface area contributed by atoms with Crippen molar-refractivity contribution in [3.63, 3.8) is 0 Å². The van der Waals surface area contributed by atoms with Crippen LogP contribution in [-0.4, -0.2) is 56.2 Å². The monoisotopic (exact) mass is 328 g/mol. The van der Waals surface area contributed by atoms with Gasteiger partial charge in [0.15, 0.2) is 0 Å². The van der Waals surface area contributed by atoms with Crippen LogP contribution < -0.4 is 4.74 Å². The first kappa shape index (κ1) is 16.2. The molecule has 1 saturated carbocycles. The van der Waals surface area contributed by atoms with Crippen LogP contribution in [0.25, 0.3) is 6.08 Å². The van der Waals surface area contributed by atoms with Gasteiger partial charge in [0, 0.05) is 19.3 Å². The molecule has 0 unspecified atom stereocenters. The number of rotatable bonds is 5. The summed E-state index contributed by atoms with van der Waals surface area (Å²) in [6.45, 7) is 0. The van der Waals surface area contributed by atoms with E-state index in [1.54, 1.807) is 55.1 Å². The molecule has 0 radical (unpaired) electrons. The average molecular weight is 328 g/mol. The minimum atomic E-state index is -0.736. The number of likely N-dealkylation sites (N-methyl/N-ethyl adjacent to an activating group) is 1. The van der Waals surface area contributed by atoms with E-state index < -0.39 is 6.10 Å². The smallest absolute Gasteiger partial charge is 0.246 e. The van der Waals surface area contributed by atoms with Crippen molar-refractivity contribution in [1.82, 2.24) is 19.9 Å². The van der Waals surface area contributed by atoms with E-state index in [1.165, 1.54) is 6.08 Å². The number of aromatic nitrogens is 3. The molecule has 0 bridgehead atoms. The van der Waals surface area contributed by atoms with Crippen LogP contribution in [-0.2, 0) is 4.79 Å². The lowest BCUT2D eigenvalue weighted by Gasteiger charge is -2.28. The fourth-order valence-electron chi connectivity index (χ4n) is 2.87. The summed E-state index contributed by atoms with van der Waals surface area (Å²) in [5.74, 6) is 0.450. The van der Waals surface area contributed by atoms with E-state index in [0.29, 0.717) is 18.6 Å². The van der Waals surface area contributed by atoms with Gasteiger partial charge in [-0.1, -0.05) is 0 Å². The molecular weight excluding hydrogens is 308 g/mol. The van der Waals surface area contributed by atoms with Crippen molar-refractivity contribution in [1.29, 1.82) is 0 Å². The minimum absolute atomic E-state index is 0.171. The molecule has 1 aliphatic carbocycles. The van der Waals surface area contributed by atoms with E-state index in [1.807, 2.05) is 0 Å². The van der Waals surface area contributed by atoms with Crippen molar-refractivity contribution in [2.45, 2.75) is 31.1 Å². The summed E-state index contributed by atoms with van der Waals surface area (Å²) >= 11 is 0. The van der Waals surface area contributed by atoms with E-state index in [0.717, 1.165) is 5.69 Å². The van der Waals surface area contributed by atoms with Gasteiger partial charge in [-0.05, 0) is 31.1 Å². The van der Waals surface area contributed by atoms with Crippen molar-refractivity contribution < 1.29 is 14.6 Å². The Morgan fingerprint density at radius 2 is 2.29 bits per heavy atom. The number of aliphatic hydroxyl groups is 1. The number of carbonyl (C=O) groups excluding carboxylic acids is 1. The maximum Gasteiger partial charge on any atom is 0.246 e. The maximum atomic E-state index is 12.3. The molecule has 0 spiro atoms. The molecule has 2 heterocycles. The van der Waals surface area contributed by atoms with Crippen LogP contribution in [0.4, 0.5) is 0 Å². The predicted molar refractivity (Wildman–Crippen MR) is 88.1 cm³/mol. The molecule has 7 heteroatoms. The molecule has 2 aromatic rings. The molecule has 0 aliphatic heterocycles. The number of aromatic amines is 1. The zero-order chi connectivity index (χ0) is 16.9. The van der Waals surface area contributed by atoms with Gasteiger partial charge < -0.3 is 19.7 Å². The van der Waals surface area contributed by atoms with Crippen LogP contribution in [0.5, 0.6) is 5.75 Å². The first-order valence-corrected chi connectivity index (χ1v) is 7.83. The fourth-order valence-corrected chi connectivity index (χ4v) is 2.87. The van der Waals surface area contributed by atoms with Crippen molar-refractivity contribution in [3.8, 4) is 5.75 Å². The van der Waals surface area contributed by atoms with Crippen molar-refractivity contribution >= 4 is 12.0 Å². The largest absolute Gasteiger partial charge is 0.486 e. The van der Waals surface area contributed by atoms with Crippen LogP contribution in [0.2, 0.25) is 0 Å². The topological polar surface area (TPSA) is 91.3 Å². The summed E-state index contributed by atoms with van der Waals surface area (Å²) in [5.41, 5.74) is 0.751.